The lowest BCUT2D eigenvalue weighted by atomic mass is 10.0. The van der Waals surface area contributed by atoms with Crippen LogP contribution in [0.2, 0.25) is 0 Å². The average molecular weight is 390 g/mol. The van der Waals surface area contributed by atoms with Gasteiger partial charge in [0.05, 0.1) is 24.5 Å². The molecule has 1 atom stereocenters. The smallest absolute Gasteiger partial charge is 0.338 e. The molecule has 2 N–H and O–H groups in total. The van der Waals surface area contributed by atoms with Gasteiger partial charge in [-0.15, -0.1) is 5.10 Å². The maximum atomic E-state index is 12.6. The minimum atomic E-state index is -0.720. The van der Waals surface area contributed by atoms with E-state index in [9.17, 15) is 9.59 Å². The Kier molecular flexibility index (Phi) is 4.84. The highest BCUT2D eigenvalue weighted by Crippen LogP contribution is 2.37. The minimum absolute atomic E-state index is 0.224. The van der Waals surface area contributed by atoms with Crippen LogP contribution in [-0.4, -0.2) is 44.6 Å². The number of aromatic nitrogens is 4. The molecule has 27 heavy (non-hydrogen) atoms. The normalized spacial score (nSPS) is 19.6. The Balaban J connectivity index is 1.63. The first-order chi connectivity index (χ1) is 13.2. The maximum Gasteiger partial charge on any atom is 0.338 e. The van der Waals surface area contributed by atoms with Crippen LogP contribution in [0.25, 0.3) is 0 Å². The number of ether oxygens (including phenoxy) is 1. The zero-order valence-corrected chi connectivity index (χ0v) is 15.4. The molecule has 2 aromatic heterocycles. The molecule has 1 aliphatic carbocycles. The molecule has 2 amide bonds. The first kappa shape index (κ1) is 17.6. The molecule has 0 spiro atoms. The topological polar surface area (TPSA) is 124 Å². The predicted molar refractivity (Wildman–Crippen MR) is 93.6 cm³/mol. The zero-order valence-electron chi connectivity index (χ0n) is 14.5. The lowest BCUT2D eigenvalue weighted by Crippen LogP contribution is -2.46. The van der Waals surface area contributed by atoms with Gasteiger partial charge < -0.3 is 19.8 Å². The third-order valence-electron chi connectivity index (χ3n) is 4.18. The van der Waals surface area contributed by atoms with E-state index in [0.29, 0.717) is 34.0 Å². The quantitative estimate of drug-likeness (QED) is 0.539. The van der Waals surface area contributed by atoms with E-state index in [1.54, 1.807) is 23.7 Å². The van der Waals surface area contributed by atoms with Gasteiger partial charge in [0.25, 0.3) is 0 Å². The van der Waals surface area contributed by atoms with Gasteiger partial charge in [0.2, 0.25) is 5.16 Å². The first-order valence-electron chi connectivity index (χ1n) is 8.59. The molecule has 0 radical (unpaired) electrons. The second kappa shape index (κ2) is 7.43. The molecule has 1 aliphatic heterocycles. The highest BCUT2D eigenvalue weighted by atomic mass is 32.2. The van der Waals surface area contributed by atoms with Crippen LogP contribution in [0.4, 0.5) is 4.79 Å². The summed E-state index contributed by atoms with van der Waals surface area (Å²) < 4.78 is 12.4. The summed E-state index contributed by atoms with van der Waals surface area (Å²) in [6.45, 7) is 1.95. The highest BCUT2D eigenvalue weighted by Gasteiger charge is 2.35. The first-order valence-corrected chi connectivity index (χ1v) is 9.57. The van der Waals surface area contributed by atoms with E-state index in [4.69, 9.17) is 9.15 Å². The summed E-state index contributed by atoms with van der Waals surface area (Å²) in [6, 6.07) is 2.60. The molecule has 0 bridgehead atoms. The van der Waals surface area contributed by atoms with Crippen LogP contribution in [0.3, 0.4) is 0 Å². The molecule has 142 valence electrons. The van der Waals surface area contributed by atoms with Crippen molar-refractivity contribution in [2.75, 3.05) is 12.4 Å². The average Bonchev–Trinajstić information content (AvgIpc) is 3.16. The van der Waals surface area contributed by atoms with Crippen LogP contribution >= 0.6 is 11.8 Å². The van der Waals surface area contributed by atoms with Crippen molar-refractivity contribution in [2.24, 2.45) is 0 Å². The lowest BCUT2D eigenvalue weighted by Gasteiger charge is -2.27. The number of amides is 2. The van der Waals surface area contributed by atoms with Crippen molar-refractivity contribution in [2.45, 2.75) is 37.0 Å². The van der Waals surface area contributed by atoms with Gasteiger partial charge in [-0.3, -0.25) is 0 Å². The number of urea groups is 1. The fourth-order valence-electron chi connectivity index (χ4n) is 2.82. The monoisotopic (exact) mass is 390 g/mol. The molecular weight excluding hydrogens is 372 g/mol. The molecule has 2 aromatic rings. The second-order valence-electron chi connectivity index (χ2n) is 6.09. The number of carbonyl (C=O) groups is 2. The van der Waals surface area contributed by atoms with Gasteiger partial charge >= 0.3 is 12.0 Å². The van der Waals surface area contributed by atoms with E-state index in [2.05, 4.69) is 26.2 Å². The summed E-state index contributed by atoms with van der Waals surface area (Å²) in [4.78, 5) is 24.7. The number of carbonyl (C=O) groups excluding carboxylic acids is 2. The van der Waals surface area contributed by atoms with Crippen LogP contribution in [0, 0.1) is 0 Å². The number of furan rings is 1. The molecule has 0 aromatic carbocycles. The Morgan fingerprint density at radius 1 is 1.48 bits per heavy atom. The molecule has 1 fully saturated rings. The van der Waals surface area contributed by atoms with Crippen molar-refractivity contribution < 1.29 is 18.7 Å². The summed E-state index contributed by atoms with van der Waals surface area (Å²) in [5.74, 6) is 0.258. The van der Waals surface area contributed by atoms with E-state index in [1.165, 1.54) is 18.0 Å². The summed E-state index contributed by atoms with van der Waals surface area (Å²) >= 11 is 1.36. The predicted octanol–water partition coefficient (Wildman–Crippen LogP) is 1.56. The third-order valence-corrected chi connectivity index (χ3v) is 5.14. The number of hydrogen-bond acceptors (Lipinski definition) is 8. The van der Waals surface area contributed by atoms with Crippen LogP contribution in [0.1, 0.15) is 37.6 Å². The van der Waals surface area contributed by atoms with Crippen molar-refractivity contribution in [3.63, 3.8) is 0 Å². The third kappa shape index (κ3) is 3.68. The maximum absolute atomic E-state index is 12.6. The van der Waals surface area contributed by atoms with E-state index in [1.807, 2.05) is 0 Å². The van der Waals surface area contributed by atoms with Gasteiger partial charge in [-0.05, 0) is 42.3 Å². The van der Waals surface area contributed by atoms with Crippen LogP contribution in [0.5, 0.6) is 0 Å². The largest absolute Gasteiger partial charge is 0.467 e. The number of nitrogens with zero attached hydrogens (tertiary/aromatic N) is 4. The van der Waals surface area contributed by atoms with E-state index >= 15 is 0 Å². The Morgan fingerprint density at radius 2 is 2.33 bits per heavy atom. The summed E-state index contributed by atoms with van der Waals surface area (Å²) in [7, 11) is 0. The molecule has 3 heterocycles. The number of rotatable bonds is 7. The fraction of sp³-hybridized carbons (Fsp3) is 0.438. The van der Waals surface area contributed by atoms with E-state index in [-0.39, 0.29) is 6.61 Å². The molecule has 1 unspecified atom stereocenters. The van der Waals surface area contributed by atoms with E-state index in [0.717, 1.165) is 12.8 Å². The zero-order chi connectivity index (χ0) is 18.8. The van der Waals surface area contributed by atoms with Gasteiger partial charge in [0.1, 0.15) is 11.8 Å². The fourth-order valence-corrected chi connectivity index (χ4v) is 3.73. The minimum Gasteiger partial charge on any atom is -0.467 e. The van der Waals surface area contributed by atoms with Gasteiger partial charge in [0.15, 0.2) is 0 Å². The molecule has 0 saturated heterocycles. The highest BCUT2D eigenvalue weighted by molar-refractivity contribution is 7.99. The number of nitrogens with one attached hydrogen (secondary N) is 2. The number of hydrogen-bond donors (Lipinski definition) is 2. The number of tetrazole rings is 1. The van der Waals surface area contributed by atoms with Gasteiger partial charge in [0, 0.05) is 11.4 Å². The van der Waals surface area contributed by atoms with Gasteiger partial charge in [-0.25, -0.2) is 14.3 Å². The number of thioether (sulfide) groups is 1. The molecule has 2 aliphatic rings. The Bertz CT molecular complexity index is 873. The lowest BCUT2D eigenvalue weighted by molar-refractivity contribution is -0.139. The summed E-state index contributed by atoms with van der Waals surface area (Å²) in [6.07, 6.45) is 3.59. The standard InChI is InChI=1S/C16H18N6O4S/c1-2-25-14(23)12-10(8-27-16-19-20-21-22(16)9-5-6-9)17-15(24)18-13(12)11-4-3-7-26-11/h3-4,7,9,13H,2,5-6,8H2,1H3,(H2,17,18,24). The van der Waals surface area contributed by atoms with Crippen molar-refractivity contribution >= 4 is 23.8 Å². The Hall–Kier alpha value is -2.82. The molecule has 1 saturated carbocycles. The number of esters is 1. The van der Waals surface area contributed by atoms with Crippen molar-refractivity contribution in [1.82, 2.24) is 30.8 Å². The van der Waals surface area contributed by atoms with Crippen molar-refractivity contribution in [3.8, 4) is 0 Å². The van der Waals surface area contributed by atoms with Crippen molar-refractivity contribution in [1.29, 1.82) is 0 Å². The van der Waals surface area contributed by atoms with Crippen LogP contribution < -0.4 is 10.6 Å². The molecule has 11 heteroatoms. The van der Waals surface area contributed by atoms with Gasteiger partial charge in [-0.1, -0.05) is 11.8 Å². The summed E-state index contributed by atoms with van der Waals surface area (Å²) in [5, 5.41) is 17.8. The summed E-state index contributed by atoms with van der Waals surface area (Å²) in [5.41, 5.74) is 0.762. The Labute approximate surface area is 158 Å². The molecular formula is C16H18N6O4S. The van der Waals surface area contributed by atoms with E-state index < -0.39 is 18.0 Å². The second-order valence-corrected chi connectivity index (χ2v) is 7.03. The Morgan fingerprint density at radius 3 is 3.04 bits per heavy atom. The van der Waals surface area contributed by atoms with Gasteiger partial charge in [-0.2, -0.15) is 0 Å². The SMILES string of the molecule is CCOC(=O)C1=C(CSc2nnnn2C2CC2)NC(=O)NC1c1ccco1. The van der Waals surface area contributed by atoms with Crippen molar-refractivity contribution in [3.05, 3.63) is 35.4 Å². The van der Waals surface area contributed by atoms with Crippen LogP contribution in [0.15, 0.2) is 39.2 Å². The molecule has 4 rings (SSSR count). The molecule has 10 nitrogen and oxygen atoms in total. The van der Waals surface area contributed by atoms with Crippen LogP contribution in [-0.2, 0) is 9.53 Å².